The second-order valence-electron chi connectivity index (χ2n) is 3.49. The first-order valence-corrected chi connectivity index (χ1v) is 5.13. The highest BCUT2D eigenvalue weighted by molar-refractivity contribution is 5.63. The van der Waals surface area contributed by atoms with E-state index in [9.17, 15) is 5.11 Å². The maximum atomic E-state index is 9.50. The van der Waals surface area contributed by atoms with Crippen LogP contribution in [0.5, 0.6) is 11.5 Å². The molecule has 3 N–H and O–H groups in total. The van der Waals surface area contributed by atoms with Crippen molar-refractivity contribution in [2.24, 2.45) is 5.73 Å². The van der Waals surface area contributed by atoms with Crippen LogP contribution >= 0.6 is 0 Å². The number of hydrogen-bond acceptors (Lipinski definition) is 5. The SMILES string of the molecule is COc1cc(-c2cncc(CN)n2)ccc1O. The first-order valence-electron chi connectivity index (χ1n) is 5.13. The first-order chi connectivity index (χ1) is 8.24. The van der Waals surface area contributed by atoms with Gasteiger partial charge in [-0.15, -0.1) is 0 Å². The highest BCUT2D eigenvalue weighted by atomic mass is 16.5. The molecule has 2 aromatic rings. The van der Waals surface area contributed by atoms with Gasteiger partial charge >= 0.3 is 0 Å². The molecule has 0 spiro atoms. The minimum absolute atomic E-state index is 0.0965. The van der Waals surface area contributed by atoms with E-state index in [0.29, 0.717) is 18.0 Å². The van der Waals surface area contributed by atoms with E-state index in [-0.39, 0.29) is 5.75 Å². The van der Waals surface area contributed by atoms with Gasteiger partial charge in [0, 0.05) is 18.3 Å². The van der Waals surface area contributed by atoms with Crippen LogP contribution in [-0.2, 0) is 6.54 Å². The molecule has 0 unspecified atom stereocenters. The van der Waals surface area contributed by atoms with Gasteiger partial charge in [-0.3, -0.25) is 4.98 Å². The fraction of sp³-hybridized carbons (Fsp3) is 0.167. The Kier molecular flexibility index (Phi) is 3.20. The number of nitrogens with two attached hydrogens (primary N) is 1. The third kappa shape index (κ3) is 2.34. The highest BCUT2D eigenvalue weighted by Crippen LogP contribution is 2.30. The van der Waals surface area contributed by atoms with Crippen molar-refractivity contribution in [1.29, 1.82) is 0 Å². The summed E-state index contributed by atoms with van der Waals surface area (Å²) < 4.78 is 5.04. The zero-order valence-electron chi connectivity index (χ0n) is 9.42. The summed E-state index contributed by atoms with van der Waals surface area (Å²) in [6, 6.07) is 5.02. The van der Waals surface area contributed by atoms with Gasteiger partial charge in [0.05, 0.1) is 24.7 Å². The highest BCUT2D eigenvalue weighted by Gasteiger charge is 2.06. The fourth-order valence-corrected chi connectivity index (χ4v) is 1.48. The predicted molar refractivity (Wildman–Crippen MR) is 63.6 cm³/mol. The zero-order valence-corrected chi connectivity index (χ0v) is 9.42. The average Bonchev–Trinajstić information content (AvgIpc) is 2.39. The molecule has 1 aromatic carbocycles. The summed E-state index contributed by atoms with van der Waals surface area (Å²) in [6.45, 7) is 0.343. The summed E-state index contributed by atoms with van der Waals surface area (Å²) in [7, 11) is 1.50. The van der Waals surface area contributed by atoms with Crippen molar-refractivity contribution in [3.05, 3.63) is 36.3 Å². The summed E-state index contributed by atoms with van der Waals surface area (Å²) >= 11 is 0. The van der Waals surface area contributed by atoms with Gasteiger partial charge in [-0.25, -0.2) is 4.98 Å². The molecule has 0 bridgehead atoms. The van der Waals surface area contributed by atoms with Crippen molar-refractivity contribution in [3.8, 4) is 22.8 Å². The van der Waals surface area contributed by atoms with E-state index < -0.39 is 0 Å². The number of rotatable bonds is 3. The molecule has 0 aliphatic heterocycles. The number of benzene rings is 1. The van der Waals surface area contributed by atoms with Crippen LogP contribution in [0.1, 0.15) is 5.69 Å². The normalized spacial score (nSPS) is 10.2. The molecular formula is C12H13N3O2. The second kappa shape index (κ2) is 4.80. The summed E-state index contributed by atoms with van der Waals surface area (Å²) in [5.41, 5.74) is 7.75. The molecule has 5 heteroatoms. The van der Waals surface area contributed by atoms with Crippen molar-refractivity contribution >= 4 is 0 Å². The number of phenolic OH excluding ortho intramolecular Hbond substituents is 1. The Labute approximate surface area is 98.9 Å². The average molecular weight is 231 g/mol. The number of hydrogen-bond donors (Lipinski definition) is 2. The van der Waals surface area contributed by atoms with Gasteiger partial charge in [-0.05, 0) is 18.2 Å². The number of nitrogens with zero attached hydrogens (tertiary/aromatic N) is 2. The molecule has 0 aliphatic rings. The predicted octanol–water partition coefficient (Wildman–Crippen LogP) is 1.32. The largest absolute Gasteiger partial charge is 0.504 e. The zero-order chi connectivity index (χ0) is 12.3. The molecule has 0 radical (unpaired) electrons. The molecule has 0 atom stereocenters. The van der Waals surface area contributed by atoms with E-state index in [0.717, 1.165) is 11.3 Å². The monoisotopic (exact) mass is 231 g/mol. The molecule has 0 saturated carbocycles. The fourth-order valence-electron chi connectivity index (χ4n) is 1.48. The lowest BCUT2D eigenvalue weighted by atomic mass is 10.1. The third-order valence-corrected chi connectivity index (χ3v) is 2.37. The summed E-state index contributed by atoms with van der Waals surface area (Å²) in [5.74, 6) is 0.502. The van der Waals surface area contributed by atoms with Crippen molar-refractivity contribution in [2.75, 3.05) is 7.11 Å². The molecule has 5 nitrogen and oxygen atoms in total. The maximum Gasteiger partial charge on any atom is 0.161 e. The van der Waals surface area contributed by atoms with Crippen LogP contribution < -0.4 is 10.5 Å². The van der Waals surface area contributed by atoms with E-state index in [1.807, 2.05) is 0 Å². The molecule has 1 aromatic heterocycles. The van der Waals surface area contributed by atoms with Crippen LogP contribution in [-0.4, -0.2) is 22.2 Å². The van der Waals surface area contributed by atoms with E-state index in [2.05, 4.69) is 9.97 Å². The summed E-state index contributed by atoms with van der Waals surface area (Å²) in [4.78, 5) is 8.41. The van der Waals surface area contributed by atoms with E-state index >= 15 is 0 Å². The van der Waals surface area contributed by atoms with Gasteiger partial charge in [0.25, 0.3) is 0 Å². The van der Waals surface area contributed by atoms with Crippen LogP contribution in [0, 0.1) is 0 Å². The van der Waals surface area contributed by atoms with Gasteiger partial charge in [0.15, 0.2) is 11.5 Å². The molecule has 0 saturated heterocycles. The number of aromatic hydroxyl groups is 1. The summed E-state index contributed by atoms with van der Waals surface area (Å²) in [6.07, 6.45) is 3.27. The quantitative estimate of drug-likeness (QED) is 0.832. The Morgan fingerprint density at radius 2 is 2.18 bits per heavy atom. The number of methoxy groups -OCH3 is 1. The molecule has 1 heterocycles. The molecule has 2 rings (SSSR count). The van der Waals surface area contributed by atoms with Gasteiger partial charge in [-0.1, -0.05) is 0 Å². The molecular weight excluding hydrogens is 218 g/mol. The molecule has 0 aliphatic carbocycles. The molecule has 0 fully saturated rings. The lowest BCUT2D eigenvalue weighted by molar-refractivity contribution is 0.373. The van der Waals surface area contributed by atoms with Gasteiger partial charge in [-0.2, -0.15) is 0 Å². The van der Waals surface area contributed by atoms with E-state index in [1.54, 1.807) is 30.6 Å². The van der Waals surface area contributed by atoms with Gasteiger partial charge in [0.2, 0.25) is 0 Å². The van der Waals surface area contributed by atoms with Crippen LogP contribution in [0.2, 0.25) is 0 Å². The Morgan fingerprint density at radius 1 is 1.35 bits per heavy atom. The van der Waals surface area contributed by atoms with Crippen LogP contribution in [0.3, 0.4) is 0 Å². The van der Waals surface area contributed by atoms with Crippen molar-refractivity contribution in [1.82, 2.24) is 9.97 Å². The van der Waals surface area contributed by atoms with Crippen molar-refractivity contribution in [2.45, 2.75) is 6.54 Å². The standard InChI is InChI=1S/C12H13N3O2/c1-17-12-4-8(2-3-11(12)16)10-7-14-6-9(5-13)15-10/h2-4,6-7,16H,5,13H2,1H3. The molecule has 88 valence electrons. The van der Waals surface area contributed by atoms with Gasteiger partial charge < -0.3 is 15.6 Å². The number of aromatic nitrogens is 2. The van der Waals surface area contributed by atoms with E-state index in [1.165, 1.54) is 7.11 Å². The molecule has 0 amide bonds. The Bertz CT molecular complexity index is 529. The van der Waals surface area contributed by atoms with Crippen LogP contribution in [0.4, 0.5) is 0 Å². The Morgan fingerprint density at radius 3 is 2.88 bits per heavy atom. The van der Waals surface area contributed by atoms with Gasteiger partial charge in [0.1, 0.15) is 0 Å². The number of phenols is 1. The smallest absolute Gasteiger partial charge is 0.161 e. The maximum absolute atomic E-state index is 9.50. The Hall–Kier alpha value is -2.14. The van der Waals surface area contributed by atoms with E-state index in [4.69, 9.17) is 10.5 Å². The van der Waals surface area contributed by atoms with Crippen molar-refractivity contribution in [3.63, 3.8) is 0 Å². The van der Waals surface area contributed by atoms with Crippen molar-refractivity contribution < 1.29 is 9.84 Å². The van der Waals surface area contributed by atoms with Crippen LogP contribution in [0.25, 0.3) is 11.3 Å². The summed E-state index contributed by atoms with van der Waals surface area (Å²) in [5, 5.41) is 9.50. The first kappa shape index (κ1) is 11.3. The number of ether oxygens (including phenoxy) is 1. The topological polar surface area (TPSA) is 81.3 Å². The third-order valence-electron chi connectivity index (χ3n) is 2.37. The minimum atomic E-state index is 0.0965. The lowest BCUT2D eigenvalue weighted by Gasteiger charge is -2.06. The Balaban J connectivity index is 2.45. The second-order valence-corrected chi connectivity index (χ2v) is 3.49. The minimum Gasteiger partial charge on any atom is -0.504 e. The van der Waals surface area contributed by atoms with Crippen LogP contribution in [0.15, 0.2) is 30.6 Å². The lowest BCUT2D eigenvalue weighted by Crippen LogP contribution is -2.01. The molecule has 17 heavy (non-hydrogen) atoms.